The number of benzene rings is 1. The molecule has 33 heavy (non-hydrogen) atoms. The van der Waals surface area contributed by atoms with Gasteiger partial charge in [-0.25, -0.2) is 13.0 Å². The highest BCUT2D eigenvalue weighted by molar-refractivity contribution is 9.10. The third-order valence-corrected chi connectivity index (χ3v) is 8.29. The van der Waals surface area contributed by atoms with Crippen LogP contribution in [0.3, 0.4) is 0 Å². The maximum absolute atomic E-state index is 13.3. The van der Waals surface area contributed by atoms with Crippen molar-refractivity contribution in [1.29, 1.82) is 0 Å². The van der Waals surface area contributed by atoms with E-state index >= 15 is 0 Å². The number of imidazole rings is 1. The van der Waals surface area contributed by atoms with Crippen LogP contribution in [0, 0.1) is 16.0 Å². The molecule has 1 amide bonds. The van der Waals surface area contributed by atoms with E-state index in [0.717, 1.165) is 12.8 Å². The quantitative estimate of drug-likeness (QED) is 0.372. The van der Waals surface area contributed by atoms with Gasteiger partial charge in [0, 0.05) is 24.0 Å². The molecule has 3 rings (SSSR count). The van der Waals surface area contributed by atoms with Gasteiger partial charge in [0.2, 0.25) is 15.9 Å². The van der Waals surface area contributed by atoms with Crippen LogP contribution < -0.4 is 4.72 Å². The molecule has 1 aliphatic rings. The highest BCUT2D eigenvalue weighted by Gasteiger charge is 2.33. The number of hydrogen-bond acceptors (Lipinski definition) is 6. The summed E-state index contributed by atoms with van der Waals surface area (Å²) in [6.07, 6.45) is 4.25. The Balaban J connectivity index is 1.88. The first-order valence-electron chi connectivity index (χ1n) is 10.1. The summed E-state index contributed by atoms with van der Waals surface area (Å²) in [7, 11) is -4.29. The fraction of sp³-hybridized carbons (Fsp3) is 0.474. The lowest BCUT2D eigenvalue weighted by atomic mass is 9.98. The molecule has 10 nitrogen and oxygen atoms in total. The number of aryl methyl sites for hydroxylation is 1. The van der Waals surface area contributed by atoms with Gasteiger partial charge in [-0.1, -0.05) is 51.0 Å². The van der Waals surface area contributed by atoms with Crippen molar-refractivity contribution in [1.82, 2.24) is 19.2 Å². The number of halogens is 3. The predicted octanol–water partition coefficient (Wildman–Crippen LogP) is 3.86. The molecule has 14 heteroatoms. The Morgan fingerprint density at radius 2 is 1.94 bits per heavy atom. The molecule has 2 aromatic rings. The lowest BCUT2D eigenvalue weighted by Crippen LogP contribution is -2.51. The molecule has 1 saturated heterocycles. The Bertz CT molecular complexity index is 1130. The number of carbonyl (C=O) groups excluding carboxylic acids is 1. The standard InChI is InChI=1S/C19H22BrCl2N5O5S/c1-12-2-6-25(7-3-12)18(28)16(4-8-26-9-5-23-19(26)27(29)30)24-33(31,32)17-14(21)10-13(20)11-15(17)22/h5,9-12,16,24H,2-4,6-8H2,1H3. The van der Waals surface area contributed by atoms with Crippen LogP contribution in [-0.2, 0) is 21.4 Å². The van der Waals surface area contributed by atoms with E-state index in [0.29, 0.717) is 23.5 Å². The number of carbonyl (C=O) groups is 1. The third-order valence-electron chi connectivity index (χ3n) is 5.44. The van der Waals surface area contributed by atoms with Crippen molar-refractivity contribution >= 4 is 61.0 Å². The lowest BCUT2D eigenvalue weighted by Gasteiger charge is -2.33. The number of likely N-dealkylation sites (tertiary alicyclic amines) is 1. The normalized spacial score (nSPS) is 16.1. The van der Waals surface area contributed by atoms with E-state index in [1.54, 1.807) is 4.90 Å². The van der Waals surface area contributed by atoms with Crippen LogP contribution in [0.2, 0.25) is 10.0 Å². The van der Waals surface area contributed by atoms with E-state index in [-0.39, 0.29) is 27.9 Å². The molecule has 180 valence electrons. The van der Waals surface area contributed by atoms with Crippen LogP contribution in [0.1, 0.15) is 26.2 Å². The van der Waals surface area contributed by atoms with Crippen molar-refractivity contribution < 1.29 is 18.1 Å². The van der Waals surface area contributed by atoms with Gasteiger partial charge in [-0.3, -0.25) is 4.79 Å². The van der Waals surface area contributed by atoms with E-state index in [1.165, 1.54) is 29.1 Å². The zero-order chi connectivity index (χ0) is 24.3. The second-order valence-electron chi connectivity index (χ2n) is 7.85. The molecular formula is C19H22BrCl2N5O5S. The Kier molecular flexibility index (Phi) is 8.38. The molecule has 1 aromatic carbocycles. The second-order valence-corrected chi connectivity index (χ2v) is 11.2. The van der Waals surface area contributed by atoms with Crippen LogP contribution in [0.15, 0.2) is 33.9 Å². The van der Waals surface area contributed by atoms with Crippen LogP contribution in [0.5, 0.6) is 0 Å². The number of aromatic nitrogens is 2. The van der Waals surface area contributed by atoms with Crippen LogP contribution in [0.25, 0.3) is 0 Å². The van der Waals surface area contributed by atoms with Crippen molar-refractivity contribution in [3.05, 3.63) is 49.2 Å². The Morgan fingerprint density at radius 1 is 1.33 bits per heavy atom. The number of amides is 1. The third kappa shape index (κ3) is 6.24. The molecule has 1 N–H and O–H groups in total. The van der Waals surface area contributed by atoms with E-state index in [9.17, 15) is 23.3 Å². The number of nitrogens with one attached hydrogen (secondary N) is 1. The number of rotatable bonds is 8. The highest BCUT2D eigenvalue weighted by Crippen LogP contribution is 2.33. The van der Waals surface area contributed by atoms with Crippen molar-refractivity contribution in [2.75, 3.05) is 13.1 Å². The summed E-state index contributed by atoms with van der Waals surface area (Å²) in [4.78, 5) is 28.7. The number of nitro groups is 1. The molecule has 1 atom stereocenters. The molecule has 1 unspecified atom stereocenters. The first kappa shape index (κ1) is 25.9. The molecule has 0 bridgehead atoms. The average molecular weight is 583 g/mol. The van der Waals surface area contributed by atoms with Crippen LogP contribution in [0.4, 0.5) is 5.95 Å². The monoisotopic (exact) mass is 581 g/mol. The zero-order valence-electron chi connectivity index (χ0n) is 17.6. The molecular weight excluding hydrogens is 561 g/mol. The average Bonchev–Trinajstić information content (AvgIpc) is 3.19. The summed E-state index contributed by atoms with van der Waals surface area (Å²) >= 11 is 15.5. The van der Waals surface area contributed by atoms with Crippen LogP contribution in [-0.4, -0.2) is 52.8 Å². The predicted molar refractivity (Wildman–Crippen MR) is 127 cm³/mol. The summed E-state index contributed by atoms with van der Waals surface area (Å²) in [5.41, 5.74) is 0. The van der Waals surface area contributed by atoms with Gasteiger partial charge in [0.15, 0.2) is 0 Å². The summed E-state index contributed by atoms with van der Waals surface area (Å²) in [5, 5.41) is 10.9. The minimum Gasteiger partial charge on any atom is -0.390 e. The van der Waals surface area contributed by atoms with Gasteiger partial charge in [0.25, 0.3) is 0 Å². The minimum absolute atomic E-state index is 0.00127. The SMILES string of the molecule is CC1CCN(C(=O)C(CCn2ccnc2[N+](=O)[O-])NS(=O)(=O)c2c(Cl)cc(Br)cc2Cl)CC1. The lowest BCUT2D eigenvalue weighted by molar-refractivity contribution is -0.396. The summed E-state index contributed by atoms with van der Waals surface area (Å²) < 4.78 is 30.5. The second kappa shape index (κ2) is 10.7. The van der Waals surface area contributed by atoms with Gasteiger partial charge < -0.3 is 15.0 Å². The number of nitrogens with zero attached hydrogens (tertiary/aromatic N) is 4. The first-order valence-corrected chi connectivity index (χ1v) is 13.1. The maximum atomic E-state index is 13.3. The minimum atomic E-state index is -4.29. The largest absolute Gasteiger partial charge is 0.434 e. The van der Waals surface area contributed by atoms with E-state index in [4.69, 9.17) is 23.2 Å². The van der Waals surface area contributed by atoms with Crippen molar-refractivity contribution in [3.63, 3.8) is 0 Å². The Hall–Kier alpha value is -1.73. The molecule has 1 fully saturated rings. The van der Waals surface area contributed by atoms with Crippen molar-refractivity contribution in [2.45, 2.75) is 43.7 Å². The molecule has 0 radical (unpaired) electrons. The summed E-state index contributed by atoms with van der Waals surface area (Å²) in [5.74, 6) is -0.328. The van der Waals surface area contributed by atoms with E-state index in [1.807, 2.05) is 0 Å². The smallest absolute Gasteiger partial charge is 0.390 e. The first-order chi connectivity index (χ1) is 15.5. The summed E-state index contributed by atoms with van der Waals surface area (Å²) in [6, 6.07) is 1.60. The molecule has 1 aliphatic heterocycles. The van der Waals surface area contributed by atoms with E-state index < -0.39 is 32.8 Å². The fourth-order valence-electron chi connectivity index (χ4n) is 3.63. The number of hydrogen-bond donors (Lipinski definition) is 1. The summed E-state index contributed by atoms with van der Waals surface area (Å²) in [6.45, 7) is 3.10. The number of piperidine rings is 1. The highest BCUT2D eigenvalue weighted by atomic mass is 79.9. The fourth-order valence-corrected chi connectivity index (χ4v) is 6.79. The Labute approximate surface area is 209 Å². The van der Waals surface area contributed by atoms with Crippen molar-refractivity contribution in [2.24, 2.45) is 5.92 Å². The molecule has 0 spiro atoms. The van der Waals surface area contributed by atoms with Gasteiger partial charge >= 0.3 is 5.95 Å². The molecule has 1 aromatic heterocycles. The number of sulfonamides is 1. The van der Waals surface area contributed by atoms with Gasteiger partial charge in [0.05, 0.1) is 16.6 Å². The van der Waals surface area contributed by atoms with Gasteiger partial charge in [0.1, 0.15) is 23.3 Å². The molecule has 0 saturated carbocycles. The van der Waals surface area contributed by atoms with Crippen molar-refractivity contribution in [3.8, 4) is 0 Å². The zero-order valence-corrected chi connectivity index (χ0v) is 21.5. The van der Waals surface area contributed by atoms with Crippen LogP contribution >= 0.6 is 39.1 Å². The molecule has 0 aliphatic carbocycles. The van der Waals surface area contributed by atoms with Gasteiger partial charge in [-0.05, 0) is 35.8 Å². The van der Waals surface area contributed by atoms with E-state index in [2.05, 4.69) is 32.6 Å². The maximum Gasteiger partial charge on any atom is 0.434 e. The van der Waals surface area contributed by atoms with Gasteiger partial charge in [-0.2, -0.15) is 4.72 Å². The Morgan fingerprint density at radius 3 is 2.52 bits per heavy atom. The molecule has 2 heterocycles. The van der Waals surface area contributed by atoms with Gasteiger partial charge in [-0.15, -0.1) is 0 Å². The topological polar surface area (TPSA) is 127 Å².